The van der Waals surface area contributed by atoms with Crippen molar-refractivity contribution in [3.8, 4) is 0 Å². The highest BCUT2D eigenvalue weighted by Gasteiger charge is 2.06. The Hall–Kier alpha value is -1.39. The van der Waals surface area contributed by atoms with Gasteiger partial charge in [-0.15, -0.1) is 0 Å². The number of rotatable bonds is 7. The lowest BCUT2D eigenvalue weighted by atomic mass is 10.2. The summed E-state index contributed by atoms with van der Waals surface area (Å²) in [4.78, 5) is 9.79. The molecule has 0 aromatic heterocycles. The first-order valence-electron chi connectivity index (χ1n) is 7.00. The molecule has 4 heteroatoms. The van der Waals surface area contributed by atoms with Crippen LogP contribution in [0.25, 0.3) is 0 Å². The molecule has 1 rings (SSSR count). The zero-order valence-corrected chi connectivity index (χ0v) is 12.8. The molecule has 0 bridgehead atoms. The summed E-state index contributed by atoms with van der Waals surface area (Å²) in [6.07, 6.45) is 2.18. The second-order valence-electron chi connectivity index (χ2n) is 5.84. The van der Waals surface area contributed by atoms with Crippen LogP contribution in [0.5, 0.6) is 0 Å². The summed E-state index contributed by atoms with van der Waals surface area (Å²) in [7, 11) is 6.60. The summed E-state index contributed by atoms with van der Waals surface area (Å²) in [6, 6.07) is 10.6. The molecule has 0 saturated heterocycles. The number of aliphatic hydroxyl groups excluding tert-OH is 1. The highest BCUT2D eigenvalue weighted by Crippen LogP contribution is 2.05. The maximum Gasteiger partial charge on any atom is 0.104 e. The zero-order valence-electron chi connectivity index (χ0n) is 12.8. The van der Waals surface area contributed by atoms with Crippen molar-refractivity contribution >= 4 is 5.97 Å². The van der Waals surface area contributed by atoms with E-state index in [9.17, 15) is 9.90 Å². The first-order valence-corrected chi connectivity index (χ1v) is 7.00. The van der Waals surface area contributed by atoms with Gasteiger partial charge in [0.05, 0.1) is 21.1 Å². The van der Waals surface area contributed by atoms with Crippen molar-refractivity contribution in [2.75, 3.05) is 27.7 Å². The van der Waals surface area contributed by atoms with Crippen LogP contribution in [0.1, 0.15) is 31.2 Å². The number of quaternary nitrogens is 1. The van der Waals surface area contributed by atoms with Crippen LogP contribution in [0, 0.1) is 0 Å². The van der Waals surface area contributed by atoms with E-state index in [1.807, 2.05) is 0 Å². The van der Waals surface area contributed by atoms with Crippen LogP contribution in [0.4, 0.5) is 0 Å². The third-order valence-corrected chi connectivity index (χ3v) is 2.54. The lowest BCUT2D eigenvalue weighted by molar-refractivity contribution is -0.884. The smallest absolute Gasteiger partial charge is 0.104 e. The predicted molar refractivity (Wildman–Crippen MR) is 78.7 cm³/mol. The molecule has 4 nitrogen and oxygen atoms in total. The normalized spacial score (nSPS) is 10.6. The van der Waals surface area contributed by atoms with E-state index in [1.54, 1.807) is 0 Å². The number of aliphatic carboxylic acids is 1. The van der Waals surface area contributed by atoms with E-state index in [2.05, 4.69) is 51.5 Å². The third-order valence-electron chi connectivity index (χ3n) is 2.54. The summed E-state index contributed by atoms with van der Waals surface area (Å²) in [6.45, 7) is 1.24. The second kappa shape index (κ2) is 10.4. The number of hydrogen-bond acceptors (Lipinski definition) is 3. The molecule has 0 aliphatic carbocycles. The highest BCUT2D eigenvalue weighted by atomic mass is 16.4. The van der Waals surface area contributed by atoms with E-state index in [1.165, 1.54) is 5.56 Å². The molecule has 0 saturated carbocycles. The molecule has 0 heterocycles. The van der Waals surface area contributed by atoms with Gasteiger partial charge < -0.3 is 19.5 Å². The molecule has 0 aliphatic rings. The molecule has 0 atom stereocenters. The number of nitrogens with zero attached hydrogens (tertiary/aromatic N) is 1. The molecular formula is C16H27NO3. The molecule has 0 amide bonds. The molecular weight excluding hydrogens is 254 g/mol. The molecule has 0 aliphatic heterocycles. The van der Waals surface area contributed by atoms with Gasteiger partial charge in [0.2, 0.25) is 0 Å². The molecule has 20 heavy (non-hydrogen) atoms. The summed E-state index contributed by atoms with van der Waals surface area (Å²) in [5.41, 5.74) is 1.40. The second-order valence-corrected chi connectivity index (χ2v) is 5.84. The van der Waals surface area contributed by atoms with E-state index < -0.39 is 5.97 Å². The van der Waals surface area contributed by atoms with Crippen molar-refractivity contribution in [2.24, 2.45) is 0 Å². The van der Waals surface area contributed by atoms with Crippen molar-refractivity contribution in [1.29, 1.82) is 0 Å². The quantitative estimate of drug-likeness (QED) is 0.603. The van der Waals surface area contributed by atoms with Crippen molar-refractivity contribution in [3.05, 3.63) is 35.9 Å². The first kappa shape index (κ1) is 18.6. The molecule has 0 spiro atoms. The minimum atomic E-state index is -1.01. The van der Waals surface area contributed by atoms with Crippen LogP contribution in [0.3, 0.4) is 0 Å². The fourth-order valence-electron chi connectivity index (χ4n) is 1.69. The predicted octanol–water partition coefficient (Wildman–Crippen LogP) is 1.18. The van der Waals surface area contributed by atoms with Gasteiger partial charge in [0.15, 0.2) is 0 Å². The van der Waals surface area contributed by atoms with Gasteiger partial charge in [-0.25, -0.2) is 0 Å². The average Bonchev–Trinajstić information content (AvgIpc) is 2.34. The summed E-state index contributed by atoms with van der Waals surface area (Å²) < 4.78 is 0.990. The monoisotopic (exact) mass is 281 g/mol. The summed E-state index contributed by atoms with van der Waals surface area (Å²) in [5.74, 6) is -1.01. The Morgan fingerprint density at radius 2 is 1.70 bits per heavy atom. The Bertz CT molecular complexity index is 358. The number of benzene rings is 1. The van der Waals surface area contributed by atoms with E-state index >= 15 is 0 Å². The van der Waals surface area contributed by atoms with Gasteiger partial charge in [-0.3, -0.25) is 0 Å². The topological polar surface area (TPSA) is 60.4 Å². The number of unbranched alkanes of at least 4 members (excludes halogenated alkanes) is 2. The van der Waals surface area contributed by atoms with Crippen molar-refractivity contribution < 1.29 is 19.5 Å². The maximum atomic E-state index is 9.79. The Morgan fingerprint density at radius 1 is 1.10 bits per heavy atom. The summed E-state index contributed by atoms with van der Waals surface area (Å²) >= 11 is 0. The van der Waals surface area contributed by atoms with Crippen molar-refractivity contribution in [2.45, 2.75) is 32.2 Å². The fraction of sp³-hybridized carbons (Fsp3) is 0.562. The molecule has 0 fully saturated rings. The largest absolute Gasteiger partial charge is 0.550 e. The number of carbonyl (C=O) groups is 1. The Morgan fingerprint density at radius 3 is 2.15 bits per heavy atom. The van der Waals surface area contributed by atoms with Crippen LogP contribution in [-0.2, 0) is 11.3 Å². The van der Waals surface area contributed by atoms with Gasteiger partial charge in [-0.2, -0.15) is 0 Å². The Kier molecular flexibility index (Phi) is 9.68. The zero-order chi connectivity index (χ0) is 15.4. The average molecular weight is 281 g/mol. The van der Waals surface area contributed by atoms with Crippen LogP contribution >= 0.6 is 0 Å². The maximum absolute atomic E-state index is 9.79. The number of hydrogen-bond donors (Lipinski definition) is 1. The molecule has 0 radical (unpaired) electrons. The third kappa shape index (κ3) is 13.1. The van der Waals surface area contributed by atoms with Crippen molar-refractivity contribution in [3.63, 3.8) is 0 Å². The standard InChI is InChI=1S/C10H16N.C6H12O3/c1-11(2,3)9-10-7-5-4-6-8-10;7-5-3-1-2-4-6(8)9/h4-8H,9H2,1-3H3;7H,1-5H2,(H,8,9)/q+1;/p-1. The SMILES string of the molecule is C[N+](C)(C)Cc1ccccc1.O=C([O-])CCCCCO. The Labute approximate surface area is 122 Å². The van der Waals surface area contributed by atoms with Gasteiger partial charge in [-0.1, -0.05) is 36.8 Å². The minimum Gasteiger partial charge on any atom is -0.550 e. The highest BCUT2D eigenvalue weighted by molar-refractivity contribution is 5.63. The Balaban J connectivity index is 0.000000370. The van der Waals surface area contributed by atoms with Crippen LogP contribution in [-0.4, -0.2) is 43.3 Å². The summed E-state index contributed by atoms with van der Waals surface area (Å²) in [5, 5.41) is 18.1. The lowest BCUT2D eigenvalue weighted by Gasteiger charge is -2.23. The van der Waals surface area contributed by atoms with E-state index in [0.717, 1.165) is 17.4 Å². The fourth-order valence-corrected chi connectivity index (χ4v) is 1.69. The minimum absolute atomic E-state index is 0.111. The number of aliphatic hydroxyl groups is 1. The number of carboxylic acids is 1. The lowest BCUT2D eigenvalue weighted by Crippen LogP contribution is -2.33. The number of carbonyl (C=O) groups excluding carboxylic acids is 1. The van der Waals surface area contributed by atoms with E-state index in [4.69, 9.17) is 5.11 Å². The van der Waals surface area contributed by atoms with Gasteiger partial charge >= 0.3 is 0 Å². The number of carboxylic acid groups (broad SMARTS) is 1. The van der Waals surface area contributed by atoms with Gasteiger partial charge in [0, 0.05) is 18.1 Å². The molecule has 1 aromatic rings. The van der Waals surface area contributed by atoms with Gasteiger partial charge in [0.1, 0.15) is 6.54 Å². The van der Waals surface area contributed by atoms with E-state index in [-0.39, 0.29) is 13.0 Å². The molecule has 114 valence electrons. The van der Waals surface area contributed by atoms with Gasteiger partial charge in [-0.05, 0) is 19.3 Å². The van der Waals surface area contributed by atoms with Gasteiger partial charge in [0.25, 0.3) is 0 Å². The molecule has 1 N–H and O–H groups in total. The van der Waals surface area contributed by atoms with Crippen LogP contribution < -0.4 is 5.11 Å². The van der Waals surface area contributed by atoms with Crippen LogP contribution in [0.15, 0.2) is 30.3 Å². The van der Waals surface area contributed by atoms with Crippen LogP contribution in [0.2, 0.25) is 0 Å². The molecule has 1 aromatic carbocycles. The first-order chi connectivity index (χ1) is 9.35. The van der Waals surface area contributed by atoms with E-state index in [0.29, 0.717) is 12.8 Å². The molecule has 0 unspecified atom stereocenters. The van der Waals surface area contributed by atoms with Crippen molar-refractivity contribution in [1.82, 2.24) is 0 Å².